The van der Waals surface area contributed by atoms with Crippen LogP contribution in [0.5, 0.6) is 0 Å². The molecule has 0 aliphatic rings. The molecule has 0 aromatic carbocycles. The lowest BCUT2D eigenvalue weighted by Gasteiger charge is -2.07. The Balaban J connectivity index is 2.45. The van der Waals surface area contributed by atoms with E-state index in [4.69, 9.17) is 10.5 Å². The van der Waals surface area contributed by atoms with Crippen molar-refractivity contribution < 1.29 is 22.7 Å². The van der Waals surface area contributed by atoms with Crippen molar-refractivity contribution in [3.63, 3.8) is 0 Å². The van der Waals surface area contributed by atoms with E-state index in [-0.39, 0.29) is 18.8 Å². The van der Waals surface area contributed by atoms with Crippen molar-refractivity contribution in [3.8, 4) is 0 Å². The van der Waals surface area contributed by atoms with E-state index in [9.17, 15) is 18.0 Å². The van der Waals surface area contributed by atoms with Gasteiger partial charge in [0.15, 0.2) is 0 Å². The lowest BCUT2D eigenvalue weighted by Crippen LogP contribution is -2.28. The van der Waals surface area contributed by atoms with Crippen molar-refractivity contribution in [2.75, 3.05) is 26.3 Å². The Morgan fingerprint density at radius 2 is 2.11 bits per heavy atom. The molecular weight excluding hydrogens is 263 g/mol. The molecule has 0 unspecified atom stereocenters. The number of amides is 1. The number of halogens is 3. The first-order chi connectivity index (χ1) is 8.95. The standard InChI is InChI=1S/C11H14F3N3O2/c12-11(13,14)8-1-2-9(17-7-8)10(18)16-4-6-19-5-3-15/h1-2,7H,3-6,15H2,(H,16,18). The number of nitrogens with two attached hydrogens (primary N) is 1. The number of carbonyl (C=O) groups excluding carboxylic acids is 1. The minimum Gasteiger partial charge on any atom is -0.378 e. The number of nitrogens with one attached hydrogen (secondary N) is 1. The fourth-order valence-corrected chi connectivity index (χ4v) is 1.21. The van der Waals surface area contributed by atoms with Crippen LogP contribution >= 0.6 is 0 Å². The lowest BCUT2D eigenvalue weighted by atomic mass is 10.2. The molecule has 106 valence electrons. The normalized spacial score (nSPS) is 11.4. The van der Waals surface area contributed by atoms with E-state index in [0.29, 0.717) is 19.3 Å². The quantitative estimate of drug-likeness (QED) is 0.754. The van der Waals surface area contributed by atoms with Crippen LogP contribution in [0, 0.1) is 0 Å². The minimum atomic E-state index is -4.46. The summed E-state index contributed by atoms with van der Waals surface area (Å²) in [5.74, 6) is -0.551. The van der Waals surface area contributed by atoms with Gasteiger partial charge in [-0.15, -0.1) is 0 Å². The fraction of sp³-hybridized carbons (Fsp3) is 0.455. The van der Waals surface area contributed by atoms with Gasteiger partial charge in [0, 0.05) is 19.3 Å². The monoisotopic (exact) mass is 277 g/mol. The second-order valence-electron chi connectivity index (χ2n) is 3.59. The van der Waals surface area contributed by atoms with Gasteiger partial charge in [-0.3, -0.25) is 9.78 Å². The molecule has 19 heavy (non-hydrogen) atoms. The third-order valence-electron chi connectivity index (χ3n) is 2.12. The topological polar surface area (TPSA) is 77.2 Å². The summed E-state index contributed by atoms with van der Waals surface area (Å²) >= 11 is 0. The highest BCUT2D eigenvalue weighted by Gasteiger charge is 2.30. The summed E-state index contributed by atoms with van der Waals surface area (Å²) in [6, 6.07) is 1.84. The summed E-state index contributed by atoms with van der Waals surface area (Å²) in [7, 11) is 0. The maximum Gasteiger partial charge on any atom is 0.417 e. The van der Waals surface area contributed by atoms with Crippen LogP contribution in [0.1, 0.15) is 16.1 Å². The predicted octanol–water partition coefficient (Wildman–Crippen LogP) is 0.806. The summed E-state index contributed by atoms with van der Waals surface area (Å²) < 4.78 is 41.8. The molecule has 1 aromatic heterocycles. The van der Waals surface area contributed by atoms with Crippen LogP contribution in [-0.4, -0.2) is 37.2 Å². The highest BCUT2D eigenvalue weighted by molar-refractivity contribution is 5.92. The number of ether oxygens (including phenoxy) is 1. The number of aromatic nitrogens is 1. The molecular formula is C11H14F3N3O2. The Morgan fingerprint density at radius 1 is 1.37 bits per heavy atom. The highest BCUT2D eigenvalue weighted by atomic mass is 19.4. The number of carbonyl (C=O) groups is 1. The third kappa shape index (κ3) is 5.23. The van der Waals surface area contributed by atoms with Crippen LogP contribution in [0.4, 0.5) is 13.2 Å². The van der Waals surface area contributed by atoms with Gasteiger partial charge in [0.2, 0.25) is 0 Å². The zero-order valence-electron chi connectivity index (χ0n) is 10.0. The van der Waals surface area contributed by atoms with Gasteiger partial charge >= 0.3 is 6.18 Å². The van der Waals surface area contributed by atoms with E-state index in [1.807, 2.05) is 0 Å². The van der Waals surface area contributed by atoms with Crippen LogP contribution in [0.25, 0.3) is 0 Å². The van der Waals surface area contributed by atoms with Gasteiger partial charge in [0.1, 0.15) is 5.69 Å². The number of rotatable bonds is 6. The van der Waals surface area contributed by atoms with Gasteiger partial charge in [-0.05, 0) is 12.1 Å². The average Bonchev–Trinajstić information content (AvgIpc) is 2.37. The minimum absolute atomic E-state index is 0.0770. The fourth-order valence-electron chi connectivity index (χ4n) is 1.21. The van der Waals surface area contributed by atoms with Gasteiger partial charge in [-0.2, -0.15) is 13.2 Å². The second kappa shape index (κ2) is 7.05. The maximum atomic E-state index is 12.3. The van der Waals surface area contributed by atoms with Crippen LogP contribution in [0.3, 0.4) is 0 Å². The molecule has 0 saturated carbocycles. The second-order valence-corrected chi connectivity index (χ2v) is 3.59. The molecule has 0 atom stereocenters. The molecule has 0 bridgehead atoms. The smallest absolute Gasteiger partial charge is 0.378 e. The molecule has 1 rings (SSSR count). The third-order valence-corrected chi connectivity index (χ3v) is 2.12. The van der Waals surface area contributed by atoms with Crippen LogP contribution in [0.15, 0.2) is 18.3 Å². The zero-order valence-corrected chi connectivity index (χ0v) is 10.0. The predicted molar refractivity (Wildman–Crippen MR) is 61.4 cm³/mol. The van der Waals surface area contributed by atoms with E-state index in [0.717, 1.165) is 12.1 Å². The Hall–Kier alpha value is -1.67. The van der Waals surface area contributed by atoms with Crippen LogP contribution in [0.2, 0.25) is 0 Å². The van der Waals surface area contributed by atoms with Crippen molar-refractivity contribution in [3.05, 3.63) is 29.6 Å². The summed E-state index contributed by atoms with van der Waals surface area (Å²) in [4.78, 5) is 15.0. The average molecular weight is 277 g/mol. The first-order valence-corrected chi connectivity index (χ1v) is 5.54. The van der Waals surface area contributed by atoms with E-state index >= 15 is 0 Å². The van der Waals surface area contributed by atoms with E-state index in [1.54, 1.807) is 0 Å². The number of hydrogen-bond donors (Lipinski definition) is 2. The molecule has 0 fully saturated rings. The van der Waals surface area contributed by atoms with Gasteiger partial charge in [-0.1, -0.05) is 0 Å². The first-order valence-electron chi connectivity index (χ1n) is 5.54. The summed E-state index contributed by atoms with van der Waals surface area (Å²) in [5, 5.41) is 2.47. The SMILES string of the molecule is NCCOCCNC(=O)c1ccc(C(F)(F)F)cn1. The summed E-state index contributed by atoms with van der Waals surface area (Å²) in [6.07, 6.45) is -3.84. The molecule has 1 heterocycles. The largest absolute Gasteiger partial charge is 0.417 e. The molecule has 1 amide bonds. The Morgan fingerprint density at radius 3 is 2.63 bits per heavy atom. The molecule has 0 radical (unpaired) electrons. The van der Waals surface area contributed by atoms with Gasteiger partial charge in [0.05, 0.1) is 18.8 Å². The van der Waals surface area contributed by atoms with E-state index in [1.165, 1.54) is 0 Å². The van der Waals surface area contributed by atoms with Crippen molar-refractivity contribution in [2.24, 2.45) is 5.73 Å². The van der Waals surface area contributed by atoms with Crippen molar-refractivity contribution in [1.29, 1.82) is 0 Å². The number of hydrogen-bond acceptors (Lipinski definition) is 4. The van der Waals surface area contributed by atoms with E-state index in [2.05, 4.69) is 10.3 Å². The molecule has 0 aliphatic heterocycles. The van der Waals surface area contributed by atoms with Crippen molar-refractivity contribution in [1.82, 2.24) is 10.3 Å². The Labute approximate surface area is 108 Å². The Bertz CT molecular complexity index is 407. The molecule has 0 saturated heterocycles. The maximum absolute atomic E-state index is 12.3. The number of nitrogens with zero attached hydrogens (tertiary/aromatic N) is 1. The van der Waals surface area contributed by atoms with Gasteiger partial charge in [0.25, 0.3) is 5.91 Å². The van der Waals surface area contributed by atoms with Crippen LogP contribution in [-0.2, 0) is 10.9 Å². The highest BCUT2D eigenvalue weighted by Crippen LogP contribution is 2.28. The summed E-state index contributed by atoms with van der Waals surface area (Å²) in [6.45, 7) is 1.29. The van der Waals surface area contributed by atoms with Crippen LogP contribution < -0.4 is 11.1 Å². The first kappa shape index (κ1) is 15.4. The molecule has 5 nitrogen and oxygen atoms in total. The molecule has 1 aromatic rings. The molecule has 0 aliphatic carbocycles. The van der Waals surface area contributed by atoms with Gasteiger partial charge in [-0.25, -0.2) is 0 Å². The van der Waals surface area contributed by atoms with Gasteiger partial charge < -0.3 is 15.8 Å². The van der Waals surface area contributed by atoms with E-state index < -0.39 is 17.6 Å². The summed E-state index contributed by atoms with van der Waals surface area (Å²) in [5.41, 5.74) is 4.23. The lowest BCUT2D eigenvalue weighted by molar-refractivity contribution is -0.137. The number of alkyl halides is 3. The zero-order chi connectivity index (χ0) is 14.3. The Kier molecular flexibility index (Phi) is 5.71. The number of pyridine rings is 1. The van der Waals surface area contributed by atoms with Crippen molar-refractivity contribution >= 4 is 5.91 Å². The molecule has 0 spiro atoms. The molecule has 8 heteroatoms. The molecule has 3 N–H and O–H groups in total. The van der Waals surface area contributed by atoms with Crippen molar-refractivity contribution in [2.45, 2.75) is 6.18 Å².